The van der Waals surface area contributed by atoms with Gasteiger partial charge in [-0.15, -0.1) is 10.2 Å². The standard InChI is InChI=1S/C20H23BN6O5/c28-19(26-17(21(30)31)8-4-7-14-5-2-1-3-6-14)15(11-18-27-24-13-32-18)25-20(29)16-12-22-9-10-23-16/h1-3,5-6,9-10,12-13,15,17,30-31H,4,7-8,11H2,(H,25,29)(H,26,28). The predicted octanol–water partition coefficient (Wildman–Crippen LogP) is -0.280. The fraction of sp³-hybridized carbons (Fsp3) is 0.300. The van der Waals surface area contributed by atoms with E-state index in [0.29, 0.717) is 12.8 Å². The highest BCUT2D eigenvalue weighted by atomic mass is 16.4. The van der Waals surface area contributed by atoms with Crippen LogP contribution in [0, 0.1) is 0 Å². The molecule has 4 N–H and O–H groups in total. The van der Waals surface area contributed by atoms with Crippen molar-refractivity contribution in [2.75, 3.05) is 0 Å². The molecule has 0 aliphatic carbocycles. The second kappa shape index (κ2) is 11.7. The average Bonchev–Trinajstić information content (AvgIpc) is 3.32. The number of benzene rings is 1. The molecule has 3 rings (SSSR count). The van der Waals surface area contributed by atoms with E-state index in [-0.39, 0.29) is 18.0 Å². The molecule has 3 aromatic rings. The molecule has 166 valence electrons. The van der Waals surface area contributed by atoms with Crippen LogP contribution in [-0.2, 0) is 17.6 Å². The molecule has 2 heterocycles. The van der Waals surface area contributed by atoms with Gasteiger partial charge in [0, 0.05) is 12.4 Å². The molecule has 0 aliphatic rings. The number of rotatable bonds is 11. The molecule has 1 aromatic carbocycles. The van der Waals surface area contributed by atoms with Crippen LogP contribution < -0.4 is 10.6 Å². The first-order valence-corrected chi connectivity index (χ1v) is 10.1. The Labute approximate surface area is 184 Å². The highest BCUT2D eigenvalue weighted by Crippen LogP contribution is 2.09. The minimum absolute atomic E-state index is 0.0254. The van der Waals surface area contributed by atoms with Gasteiger partial charge in [-0.05, 0) is 24.8 Å². The van der Waals surface area contributed by atoms with E-state index in [2.05, 4.69) is 30.8 Å². The second-order valence-corrected chi connectivity index (χ2v) is 7.06. The first-order valence-electron chi connectivity index (χ1n) is 10.1. The van der Waals surface area contributed by atoms with Gasteiger partial charge in [-0.2, -0.15) is 0 Å². The topological polar surface area (TPSA) is 163 Å². The first-order chi connectivity index (χ1) is 15.5. The Morgan fingerprint density at radius 1 is 1.12 bits per heavy atom. The van der Waals surface area contributed by atoms with Crippen LogP contribution in [0.5, 0.6) is 0 Å². The smallest absolute Gasteiger partial charge is 0.428 e. The van der Waals surface area contributed by atoms with Crippen LogP contribution in [0.15, 0.2) is 59.7 Å². The summed E-state index contributed by atoms with van der Waals surface area (Å²) in [4.78, 5) is 33.1. The summed E-state index contributed by atoms with van der Waals surface area (Å²) >= 11 is 0. The van der Waals surface area contributed by atoms with Crippen LogP contribution in [0.3, 0.4) is 0 Å². The number of hydrogen-bond donors (Lipinski definition) is 4. The fourth-order valence-electron chi connectivity index (χ4n) is 3.07. The number of nitrogens with one attached hydrogen (secondary N) is 2. The minimum atomic E-state index is -1.77. The Kier molecular flexibility index (Phi) is 8.40. The number of nitrogens with zero attached hydrogens (tertiary/aromatic N) is 4. The van der Waals surface area contributed by atoms with Crippen molar-refractivity contribution in [1.29, 1.82) is 0 Å². The van der Waals surface area contributed by atoms with Gasteiger partial charge in [0.15, 0.2) is 0 Å². The normalized spacial score (nSPS) is 12.6. The molecule has 0 radical (unpaired) electrons. The monoisotopic (exact) mass is 438 g/mol. The van der Waals surface area contributed by atoms with Crippen molar-refractivity contribution in [3.05, 3.63) is 72.5 Å². The summed E-state index contributed by atoms with van der Waals surface area (Å²) in [6, 6.07) is 8.62. The number of hydrogen-bond acceptors (Lipinski definition) is 9. The third-order valence-corrected chi connectivity index (χ3v) is 4.71. The third kappa shape index (κ3) is 6.96. The van der Waals surface area contributed by atoms with E-state index in [1.807, 2.05) is 30.3 Å². The lowest BCUT2D eigenvalue weighted by Gasteiger charge is -2.22. The van der Waals surface area contributed by atoms with Crippen molar-refractivity contribution in [3.8, 4) is 0 Å². The van der Waals surface area contributed by atoms with Gasteiger partial charge in [0.1, 0.15) is 11.7 Å². The third-order valence-electron chi connectivity index (χ3n) is 4.71. The van der Waals surface area contributed by atoms with Crippen LogP contribution in [0.25, 0.3) is 0 Å². The number of aromatic nitrogens is 4. The summed E-state index contributed by atoms with van der Waals surface area (Å²) in [6.45, 7) is 0. The Hall–Kier alpha value is -3.64. The van der Waals surface area contributed by atoms with E-state index in [0.717, 1.165) is 18.4 Å². The molecular weight excluding hydrogens is 415 g/mol. The Balaban J connectivity index is 1.64. The lowest BCUT2D eigenvalue weighted by Crippen LogP contribution is -2.54. The summed E-state index contributed by atoms with van der Waals surface area (Å²) in [7, 11) is -1.77. The van der Waals surface area contributed by atoms with Crippen molar-refractivity contribution in [1.82, 2.24) is 30.8 Å². The zero-order valence-electron chi connectivity index (χ0n) is 17.2. The molecule has 2 aromatic heterocycles. The molecule has 2 atom stereocenters. The summed E-state index contributed by atoms with van der Waals surface area (Å²) in [5, 5.41) is 32.0. The van der Waals surface area contributed by atoms with Gasteiger partial charge in [-0.25, -0.2) is 4.98 Å². The molecule has 0 spiro atoms. The quantitative estimate of drug-likeness (QED) is 0.295. The van der Waals surface area contributed by atoms with Crippen molar-refractivity contribution in [2.24, 2.45) is 0 Å². The highest BCUT2D eigenvalue weighted by molar-refractivity contribution is 6.43. The highest BCUT2D eigenvalue weighted by Gasteiger charge is 2.30. The summed E-state index contributed by atoms with van der Waals surface area (Å²) in [5.74, 6) is -2.04. The molecule has 11 nitrogen and oxygen atoms in total. The van der Waals surface area contributed by atoms with Crippen LogP contribution in [0.4, 0.5) is 0 Å². The Morgan fingerprint density at radius 2 is 1.94 bits per heavy atom. The van der Waals surface area contributed by atoms with E-state index in [9.17, 15) is 19.6 Å². The molecule has 0 aliphatic heterocycles. The minimum Gasteiger partial charge on any atom is -0.428 e. The molecule has 32 heavy (non-hydrogen) atoms. The van der Waals surface area contributed by atoms with Gasteiger partial charge in [0.25, 0.3) is 5.91 Å². The molecular formula is C20H23BN6O5. The van der Waals surface area contributed by atoms with Gasteiger partial charge in [-0.1, -0.05) is 30.3 Å². The van der Waals surface area contributed by atoms with Gasteiger partial charge >= 0.3 is 7.12 Å². The second-order valence-electron chi connectivity index (χ2n) is 7.06. The summed E-state index contributed by atoms with van der Waals surface area (Å²) in [6.07, 6.45) is 6.72. The van der Waals surface area contributed by atoms with Gasteiger partial charge in [0.05, 0.1) is 18.6 Å². The molecule has 12 heteroatoms. The summed E-state index contributed by atoms with van der Waals surface area (Å²) < 4.78 is 5.09. The van der Waals surface area contributed by atoms with Crippen molar-refractivity contribution >= 4 is 18.9 Å². The summed E-state index contributed by atoms with van der Waals surface area (Å²) in [5.41, 5.74) is 1.13. The Bertz CT molecular complexity index is 975. The van der Waals surface area contributed by atoms with Gasteiger partial charge < -0.3 is 25.1 Å². The average molecular weight is 438 g/mol. The molecule has 0 fully saturated rings. The number of amides is 2. The molecule has 0 saturated carbocycles. The van der Waals surface area contributed by atoms with Crippen molar-refractivity contribution < 1.29 is 24.1 Å². The van der Waals surface area contributed by atoms with Crippen molar-refractivity contribution in [2.45, 2.75) is 37.7 Å². The lowest BCUT2D eigenvalue weighted by molar-refractivity contribution is -0.123. The molecule has 2 amide bonds. The first kappa shape index (κ1) is 23.0. The van der Waals surface area contributed by atoms with E-state index >= 15 is 0 Å². The SMILES string of the molecule is O=C(NC(Cc1nnco1)C(=O)NC(CCCc1ccccc1)B(O)O)c1cnccn1. The zero-order chi connectivity index (χ0) is 22.8. The maximum Gasteiger partial charge on any atom is 0.475 e. The number of carbonyl (C=O) groups is 2. The van der Waals surface area contributed by atoms with Crippen molar-refractivity contribution in [3.63, 3.8) is 0 Å². The zero-order valence-corrected chi connectivity index (χ0v) is 17.2. The van der Waals surface area contributed by atoms with Gasteiger partial charge in [-0.3, -0.25) is 14.6 Å². The predicted molar refractivity (Wildman–Crippen MR) is 113 cm³/mol. The maximum absolute atomic E-state index is 12.9. The number of aryl methyl sites for hydroxylation is 1. The van der Waals surface area contributed by atoms with Crippen LogP contribution >= 0.6 is 0 Å². The van der Waals surface area contributed by atoms with Crippen LogP contribution in [0.1, 0.15) is 34.8 Å². The molecule has 0 saturated heterocycles. The number of carbonyl (C=O) groups excluding carboxylic acids is 2. The Morgan fingerprint density at radius 3 is 2.59 bits per heavy atom. The van der Waals surface area contributed by atoms with E-state index in [4.69, 9.17) is 4.42 Å². The lowest BCUT2D eigenvalue weighted by atomic mass is 9.76. The van der Waals surface area contributed by atoms with Crippen LogP contribution in [0.2, 0.25) is 0 Å². The van der Waals surface area contributed by atoms with E-state index < -0.39 is 30.9 Å². The van der Waals surface area contributed by atoms with Gasteiger partial charge in [0.2, 0.25) is 18.2 Å². The largest absolute Gasteiger partial charge is 0.475 e. The van der Waals surface area contributed by atoms with Crippen LogP contribution in [-0.4, -0.2) is 61.1 Å². The fourth-order valence-corrected chi connectivity index (χ4v) is 3.07. The molecule has 2 unspecified atom stereocenters. The van der Waals surface area contributed by atoms with E-state index in [1.165, 1.54) is 18.6 Å². The van der Waals surface area contributed by atoms with E-state index in [1.54, 1.807) is 0 Å². The molecule has 0 bridgehead atoms. The maximum atomic E-state index is 12.9.